The Labute approximate surface area is 138 Å². The summed E-state index contributed by atoms with van der Waals surface area (Å²) < 4.78 is 0. The van der Waals surface area contributed by atoms with Gasteiger partial charge in [0.15, 0.2) is 0 Å². The minimum Gasteiger partial charge on any atom is -0.369 e. The minimum absolute atomic E-state index is 0.0561. The summed E-state index contributed by atoms with van der Waals surface area (Å²) >= 11 is 0. The first-order chi connectivity index (χ1) is 10.9. The quantitative estimate of drug-likeness (QED) is 0.779. The van der Waals surface area contributed by atoms with Crippen LogP contribution in [0.2, 0.25) is 0 Å². The van der Waals surface area contributed by atoms with Crippen LogP contribution >= 0.6 is 0 Å². The largest absolute Gasteiger partial charge is 0.369 e. The second-order valence-corrected chi connectivity index (χ2v) is 8.79. The number of primary amides is 1. The standard InChI is InChI=1S/C19H28N2O2/c1-18-9-7-13-11(12(18)4-5-14(18)17(20)23)3-6-15-19(13,2)10-8-16(22)21-15/h8,10-15H,3-7,9H2,1-2H3,(H2,20,23)(H,21,22)/t11?,12-,13?,14+,15+,18-,19+/m0/s1. The van der Waals surface area contributed by atoms with Crippen molar-refractivity contribution in [1.82, 2.24) is 5.32 Å². The van der Waals surface area contributed by atoms with Crippen LogP contribution in [0.25, 0.3) is 0 Å². The number of nitrogens with two attached hydrogens (primary N) is 1. The van der Waals surface area contributed by atoms with Crippen LogP contribution in [0.3, 0.4) is 0 Å². The lowest BCUT2D eigenvalue weighted by Crippen LogP contribution is -2.59. The van der Waals surface area contributed by atoms with Gasteiger partial charge in [-0.2, -0.15) is 0 Å². The summed E-state index contributed by atoms with van der Waals surface area (Å²) in [6, 6.07) is 0.277. The van der Waals surface area contributed by atoms with E-state index in [1.54, 1.807) is 6.08 Å². The summed E-state index contributed by atoms with van der Waals surface area (Å²) in [6.07, 6.45) is 10.5. The molecule has 3 fully saturated rings. The molecule has 3 N–H and O–H groups in total. The third-order valence-electron chi connectivity index (χ3n) is 8.03. The maximum atomic E-state index is 11.9. The van der Waals surface area contributed by atoms with Crippen LogP contribution in [0.15, 0.2) is 12.2 Å². The average molecular weight is 316 g/mol. The Balaban J connectivity index is 1.66. The van der Waals surface area contributed by atoms with E-state index in [1.165, 1.54) is 6.42 Å². The van der Waals surface area contributed by atoms with Gasteiger partial charge in [-0.05, 0) is 67.8 Å². The molecular weight excluding hydrogens is 288 g/mol. The Hall–Kier alpha value is -1.32. The summed E-state index contributed by atoms with van der Waals surface area (Å²) in [5.41, 5.74) is 5.88. The number of carbonyl (C=O) groups is 2. The lowest BCUT2D eigenvalue weighted by molar-refractivity contribution is -0.131. The van der Waals surface area contributed by atoms with E-state index in [9.17, 15) is 9.59 Å². The Morgan fingerprint density at radius 2 is 1.96 bits per heavy atom. The molecule has 1 aliphatic heterocycles. The fraction of sp³-hybridized carbons (Fsp3) is 0.789. The zero-order chi connectivity index (χ0) is 16.4. The lowest BCUT2D eigenvalue weighted by Gasteiger charge is -2.58. The molecule has 2 amide bonds. The number of nitrogens with one attached hydrogen (secondary N) is 1. The maximum absolute atomic E-state index is 11.9. The van der Waals surface area contributed by atoms with E-state index < -0.39 is 0 Å². The Morgan fingerprint density at radius 1 is 1.17 bits per heavy atom. The lowest BCUT2D eigenvalue weighted by atomic mass is 9.48. The van der Waals surface area contributed by atoms with Gasteiger partial charge in [0.25, 0.3) is 0 Å². The Bertz CT molecular complexity index is 586. The number of rotatable bonds is 1. The predicted octanol–water partition coefficient (Wildman–Crippen LogP) is 2.39. The summed E-state index contributed by atoms with van der Waals surface area (Å²) in [5.74, 6) is 1.91. The molecule has 1 heterocycles. The molecule has 3 aliphatic carbocycles. The van der Waals surface area contributed by atoms with Crippen molar-refractivity contribution >= 4 is 11.8 Å². The van der Waals surface area contributed by atoms with E-state index in [-0.39, 0.29) is 34.6 Å². The molecule has 0 aromatic rings. The zero-order valence-electron chi connectivity index (χ0n) is 14.2. The number of amides is 2. The first-order valence-corrected chi connectivity index (χ1v) is 9.15. The van der Waals surface area contributed by atoms with Crippen LogP contribution in [0.4, 0.5) is 0 Å². The molecule has 7 atom stereocenters. The van der Waals surface area contributed by atoms with Gasteiger partial charge in [0.1, 0.15) is 0 Å². The highest BCUT2D eigenvalue weighted by atomic mass is 16.2. The van der Waals surface area contributed by atoms with E-state index in [4.69, 9.17) is 5.73 Å². The fourth-order valence-electron chi connectivity index (χ4n) is 6.80. The Morgan fingerprint density at radius 3 is 2.70 bits per heavy atom. The number of hydrogen-bond acceptors (Lipinski definition) is 2. The van der Waals surface area contributed by atoms with Gasteiger partial charge in [0.2, 0.25) is 11.8 Å². The SMILES string of the molecule is C[C@]12CCC3C(CC[C@H]4NC(=O)C=C[C@]34C)[C@@H]1CC[C@@H]2C(N)=O. The van der Waals surface area contributed by atoms with Crippen molar-refractivity contribution in [2.75, 3.05) is 0 Å². The van der Waals surface area contributed by atoms with Gasteiger partial charge in [0, 0.05) is 17.4 Å². The van der Waals surface area contributed by atoms with Crippen molar-refractivity contribution < 1.29 is 9.59 Å². The van der Waals surface area contributed by atoms with Crippen LogP contribution < -0.4 is 11.1 Å². The minimum atomic E-state index is -0.0989. The smallest absolute Gasteiger partial charge is 0.243 e. The van der Waals surface area contributed by atoms with Crippen molar-refractivity contribution in [2.24, 2.45) is 40.2 Å². The highest BCUT2D eigenvalue weighted by Gasteiger charge is 2.60. The van der Waals surface area contributed by atoms with E-state index in [0.29, 0.717) is 17.8 Å². The molecule has 4 aliphatic rings. The molecule has 2 unspecified atom stereocenters. The molecule has 0 bridgehead atoms. The van der Waals surface area contributed by atoms with Gasteiger partial charge in [-0.3, -0.25) is 9.59 Å². The topological polar surface area (TPSA) is 72.2 Å². The second kappa shape index (κ2) is 4.84. The molecule has 3 saturated carbocycles. The molecule has 0 saturated heterocycles. The third-order valence-corrected chi connectivity index (χ3v) is 8.03. The van der Waals surface area contributed by atoms with Gasteiger partial charge >= 0.3 is 0 Å². The molecule has 0 aromatic carbocycles. The highest BCUT2D eigenvalue weighted by molar-refractivity contribution is 5.89. The van der Waals surface area contributed by atoms with Crippen LogP contribution in [-0.2, 0) is 9.59 Å². The molecule has 4 heteroatoms. The first kappa shape index (κ1) is 15.2. The molecule has 23 heavy (non-hydrogen) atoms. The van der Waals surface area contributed by atoms with Crippen molar-refractivity contribution in [3.8, 4) is 0 Å². The molecule has 0 aromatic heterocycles. The van der Waals surface area contributed by atoms with Crippen molar-refractivity contribution in [3.05, 3.63) is 12.2 Å². The molecule has 0 spiro atoms. The van der Waals surface area contributed by atoms with Gasteiger partial charge in [0.05, 0.1) is 0 Å². The summed E-state index contributed by atoms with van der Waals surface area (Å²) in [7, 11) is 0. The van der Waals surface area contributed by atoms with Crippen molar-refractivity contribution in [1.29, 1.82) is 0 Å². The predicted molar refractivity (Wildman–Crippen MR) is 88.1 cm³/mol. The highest BCUT2D eigenvalue weighted by Crippen LogP contribution is 2.64. The van der Waals surface area contributed by atoms with Crippen LogP contribution in [0.5, 0.6) is 0 Å². The molecule has 4 nitrogen and oxygen atoms in total. The van der Waals surface area contributed by atoms with Crippen molar-refractivity contribution in [3.63, 3.8) is 0 Å². The van der Waals surface area contributed by atoms with E-state index in [2.05, 4.69) is 25.2 Å². The van der Waals surface area contributed by atoms with Gasteiger partial charge < -0.3 is 11.1 Å². The zero-order valence-corrected chi connectivity index (χ0v) is 14.2. The average Bonchev–Trinajstić information content (AvgIpc) is 2.85. The van der Waals surface area contributed by atoms with Crippen molar-refractivity contribution in [2.45, 2.75) is 58.4 Å². The molecule has 4 rings (SSSR count). The summed E-state index contributed by atoms with van der Waals surface area (Å²) in [4.78, 5) is 23.6. The molecule has 0 radical (unpaired) electrons. The van der Waals surface area contributed by atoms with E-state index in [1.807, 2.05) is 0 Å². The van der Waals surface area contributed by atoms with Gasteiger partial charge in [-0.15, -0.1) is 0 Å². The van der Waals surface area contributed by atoms with E-state index in [0.717, 1.165) is 32.1 Å². The van der Waals surface area contributed by atoms with Gasteiger partial charge in [-0.1, -0.05) is 19.9 Å². The monoisotopic (exact) mass is 316 g/mol. The normalized spacial score (nSPS) is 51.4. The summed E-state index contributed by atoms with van der Waals surface area (Å²) in [5, 5.41) is 3.19. The number of hydrogen-bond donors (Lipinski definition) is 2. The third kappa shape index (κ3) is 1.96. The van der Waals surface area contributed by atoms with Gasteiger partial charge in [-0.25, -0.2) is 0 Å². The first-order valence-electron chi connectivity index (χ1n) is 9.15. The molecular formula is C19H28N2O2. The maximum Gasteiger partial charge on any atom is 0.243 e. The Kier molecular flexibility index (Phi) is 3.20. The molecule has 126 valence electrons. The number of fused-ring (bicyclic) bond motifs is 5. The fourth-order valence-corrected chi connectivity index (χ4v) is 6.80. The number of carbonyl (C=O) groups excluding carboxylic acids is 2. The van der Waals surface area contributed by atoms with Crippen LogP contribution in [0.1, 0.15) is 52.4 Å². The van der Waals surface area contributed by atoms with E-state index >= 15 is 0 Å². The van der Waals surface area contributed by atoms with Crippen LogP contribution in [-0.4, -0.2) is 17.9 Å². The summed E-state index contributed by atoms with van der Waals surface area (Å²) in [6.45, 7) is 4.64. The van der Waals surface area contributed by atoms with Crippen LogP contribution in [0, 0.1) is 34.5 Å². The second-order valence-electron chi connectivity index (χ2n) is 8.79.